The minimum atomic E-state index is -0.156. The normalized spacial score (nSPS) is 24.0. The highest BCUT2D eigenvalue weighted by Gasteiger charge is 2.37. The molecule has 4 rings (SSSR count). The van der Waals surface area contributed by atoms with E-state index in [1.165, 1.54) is 30.4 Å². The number of likely N-dealkylation sites (tertiary alicyclic amines) is 1. The van der Waals surface area contributed by atoms with Gasteiger partial charge in [-0.25, -0.2) is 4.68 Å². The Bertz CT molecular complexity index is 840. The number of aromatic nitrogens is 2. The summed E-state index contributed by atoms with van der Waals surface area (Å²) in [4.78, 5) is 27.6. The van der Waals surface area contributed by atoms with E-state index in [2.05, 4.69) is 5.10 Å². The summed E-state index contributed by atoms with van der Waals surface area (Å²) in [6, 6.07) is 7.64. The van der Waals surface area contributed by atoms with E-state index in [1.54, 1.807) is 13.1 Å². The van der Waals surface area contributed by atoms with Gasteiger partial charge in [0.1, 0.15) is 0 Å². The van der Waals surface area contributed by atoms with Crippen LogP contribution in [-0.4, -0.2) is 33.2 Å². The summed E-state index contributed by atoms with van der Waals surface area (Å²) in [7, 11) is 1.62. The first kappa shape index (κ1) is 15.4. The highest BCUT2D eigenvalue weighted by atomic mass is 16.2. The van der Waals surface area contributed by atoms with E-state index >= 15 is 0 Å². The number of aryl methyl sites for hydroxylation is 1. The van der Waals surface area contributed by atoms with Gasteiger partial charge in [0.15, 0.2) is 5.69 Å². The number of amides is 1. The molecule has 0 radical (unpaired) electrons. The maximum Gasteiger partial charge on any atom is 0.275 e. The molecule has 0 spiro atoms. The number of carbonyl (C=O) groups is 1. The lowest BCUT2D eigenvalue weighted by Crippen LogP contribution is -2.50. The molecule has 5 nitrogen and oxygen atoms in total. The maximum absolute atomic E-state index is 13.3. The standard InChI is InChI=1S/C19H23N3O2/c1-21-18(23)15-10-4-3-9-14(15)17(20-21)19(24)22-12-6-8-13-7-2-5-11-16(13)22/h3-4,9-10,13,16H,2,5-8,11-12H2,1H3. The fourth-order valence-electron chi connectivity index (χ4n) is 4.47. The van der Waals surface area contributed by atoms with Gasteiger partial charge in [0.05, 0.1) is 5.39 Å². The van der Waals surface area contributed by atoms with Crippen LogP contribution in [0.4, 0.5) is 0 Å². The van der Waals surface area contributed by atoms with Gasteiger partial charge in [0.25, 0.3) is 11.5 Å². The summed E-state index contributed by atoms with van der Waals surface area (Å²) in [5, 5.41) is 5.56. The summed E-state index contributed by atoms with van der Waals surface area (Å²) in [5.41, 5.74) is 0.260. The van der Waals surface area contributed by atoms with Gasteiger partial charge in [-0.2, -0.15) is 5.10 Å². The lowest BCUT2D eigenvalue weighted by Gasteiger charge is -2.44. The molecule has 1 saturated heterocycles. The molecule has 5 heteroatoms. The second-order valence-electron chi connectivity index (χ2n) is 7.08. The number of hydrogen-bond donors (Lipinski definition) is 0. The summed E-state index contributed by atoms with van der Waals surface area (Å²) >= 11 is 0. The average Bonchev–Trinajstić information content (AvgIpc) is 2.63. The molecule has 1 amide bonds. The van der Waals surface area contributed by atoms with Crippen LogP contribution < -0.4 is 5.56 Å². The molecular formula is C19H23N3O2. The Morgan fingerprint density at radius 1 is 1.08 bits per heavy atom. The van der Waals surface area contributed by atoms with Crippen LogP contribution in [-0.2, 0) is 7.05 Å². The number of rotatable bonds is 1. The van der Waals surface area contributed by atoms with Gasteiger partial charge < -0.3 is 4.90 Å². The van der Waals surface area contributed by atoms with Crippen LogP contribution in [0.3, 0.4) is 0 Å². The minimum absolute atomic E-state index is 0.0154. The Morgan fingerprint density at radius 2 is 1.79 bits per heavy atom. The molecule has 1 saturated carbocycles. The van der Waals surface area contributed by atoms with E-state index in [0.717, 1.165) is 19.4 Å². The highest BCUT2D eigenvalue weighted by molar-refractivity contribution is 6.04. The first-order valence-corrected chi connectivity index (χ1v) is 8.94. The zero-order valence-electron chi connectivity index (χ0n) is 14.1. The van der Waals surface area contributed by atoms with Gasteiger partial charge in [0.2, 0.25) is 0 Å². The summed E-state index contributed by atoms with van der Waals surface area (Å²) in [6.07, 6.45) is 7.11. The zero-order valence-corrected chi connectivity index (χ0v) is 14.1. The van der Waals surface area contributed by atoms with Crippen molar-refractivity contribution >= 4 is 16.7 Å². The van der Waals surface area contributed by atoms with Crippen molar-refractivity contribution in [2.45, 2.75) is 44.6 Å². The van der Waals surface area contributed by atoms with Crippen LogP contribution in [0.2, 0.25) is 0 Å². The first-order chi connectivity index (χ1) is 11.7. The summed E-state index contributed by atoms with van der Waals surface area (Å²) in [5.74, 6) is 0.619. The van der Waals surface area contributed by atoms with E-state index in [-0.39, 0.29) is 11.5 Å². The number of carbonyl (C=O) groups excluding carboxylic acids is 1. The zero-order chi connectivity index (χ0) is 16.7. The van der Waals surface area contributed by atoms with Crippen molar-refractivity contribution < 1.29 is 4.79 Å². The van der Waals surface area contributed by atoms with Gasteiger partial charge in [-0.05, 0) is 37.7 Å². The van der Waals surface area contributed by atoms with Crippen LogP contribution in [0.1, 0.15) is 49.0 Å². The molecule has 2 aliphatic rings. The van der Waals surface area contributed by atoms with Gasteiger partial charge in [-0.15, -0.1) is 0 Å². The molecule has 2 heterocycles. The molecule has 1 aromatic carbocycles. The van der Waals surface area contributed by atoms with Crippen LogP contribution in [0.25, 0.3) is 10.8 Å². The number of fused-ring (bicyclic) bond motifs is 2. The third kappa shape index (κ3) is 2.43. The Morgan fingerprint density at radius 3 is 2.62 bits per heavy atom. The van der Waals surface area contributed by atoms with E-state index < -0.39 is 0 Å². The molecule has 0 N–H and O–H groups in total. The fraction of sp³-hybridized carbons (Fsp3) is 0.526. The number of piperidine rings is 1. The molecule has 2 unspecified atom stereocenters. The molecule has 2 fully saturated rings. The Labute approximate surface area is 141 Å². The Hall–Kier alpha value is -2.17. The van der Waals surface area contributed by atoms with Crippen molar-refractivity contribution in [3.05, 3.63) is 40.3 Å². The Balaban J connectivity index is 1.78. The number of hydrogen-bond acceptors (Lipinski definition) is 3. The van der Waals surface area contributed by atoms with Crippen molar-refractivity contribution in [3.63, 3.8) is 0 Å². The monoisotopic (exact) mass is 325 g/mol. The second kappa shape index (κ2) is 6.04. The van der Waals surface area contributed by atoms with Crippen LogP contribution in [0.15, 0.2) is 29.1 Å². The predicted octanol–water partition coefficient (Wildman–Crippen LogP) is 2.73. The molecule has 2 aromatic rings. The minimum Gasteiger partial charge on any atom is -0.334 e. The van der Waals surface area contributed by atoms with Crippen molar-refractivity contribution in [2.75, 3.05) is 6.54 Å². The van der Waals surface area contributed by atoms with Gasteiger partial charge >= 0.3 is 0 Å². The lowest BCUT2D eigenvalue weighted by atomic mass is 9.78. The molecule has 1 aliphatic carbocycles. The van der Waals surface area contributed by atoms with Gasteiger partial charge in [-0.3, -0.25) is 9.59 Å². The van der Waals surface area contributed by atoms with Crippen molar-refractivity contribution in [1.29, 1.82) is 0 Å². The van der Waals surface area contributed by atoms with Gasteiger partial charge in [-0.1, -0.05) is 31.0 Å². The molecule has 2 atom stereocenters. The number of nitrogens with zero attached hydrogens (tertiary/aromatic N) is 3. The molecule has 126 valence electrons. The van der Waals surface area contributed by atoms with Crippen molar-refractivity contribution in [1.82, 2.24) is 14.7 Å². The van der Waals surface area contributed by atoms with Crippen LogP contribution >= 0.6 is 0 Å². The lowest BCUT2D eigenvalue weighted by molar-refractivity contribution is 0.0385. The molecule has 24 heavy (non-hydrogen) atoms. The molecular weight excluding hydrogens is 302 g/mol. The quantitative estimate of drug-likeness (QED) is 0.810. The third-order valence-corrected chi connectivity index (χ3v) is 5.66. The highest BCUT2D eigenvalue weighted by Crippen LogP contribution is 2.36. The van der Waals surface area contributed by atoms with E-state index in [0.29, 0.717) is 28.4 Å². The van der Waals surface area contributed by atoms with Crippen LogP contribution in [0.5, 0.6) is 0 Å². The SMILES string of the molecule is Cn1nc(C(=O)N2CCCC3CCCCC32)c2ccccc2c1=O. The second-order valence-corrected chi connectivity index (χ2v) is 7.08. The third-order valence-electron chi connectivity index (χ3n) is 5.66. The summed E-state index contributed by atoms with van der Waals surface area (Å²) < 4.78 is 1.29. The molecule has 0 bridgehead atoms. The molecule has 1 aromatic heterocycles. The van der Waals surface area contributed by atoms with Crippen molar-refractivity contribution in [2.24, 2.45) is 13.0 Å². The largest absolute Gasteiger partial charge is 0.334 e. The smallest absolute Gasteiger partial charge is 0.275 e. The first-order valence-electron chi connectivity index (χ1n) is 8.94. The number of benzene rings is 1. The topological polar surface area (TPSA) is 55.2 Å². The maximum atomic E-state index is 13.3. The Kier molecular flexibility index (Phi) is 3.87. The van der Waals surface area contributed by atoms with E-state index in [9.17, 15) is 9.59 Å². The molecule has 1 aliphatic heterocycles. The van der Waals surface area contributed by atoms with E-state index in [1.807, 2.05) is 23.1 Å². The van der Waals surface area contributed by atoms with E-state index in [4.69, 9.17) is 0 Å². The summed E-state index contributed by atoms with van der Waals surface area (Å²) in [6.45, 7) is 0.804. The van der Waals surface area contributed by atoms with Crippen molar-refractivity contribution in [3.8, 4) is 0 Å². The van der Waals surface area contributed by atoms with Gasteiger partial charge in [0, 0.05) is 25.0 Å². The average molecular weight is 325 g/mol. The van der Waals surface area contributed by atoms with Crippen LogP contribution in [0, 0.1) is 5.92 Å². The predicted molar refractivity (Wildman–Crippen MR) is 93.0 cm³/mol. The fourth-order valence-corrected chi connectivity index (χ4v) is 4.47.